The molecule has 5 amide bonds. The van der Waals surface area contributed by atoms with Crippen LogP contribution in [0, 0.1) is 0 Å². The maximum Gasteiger partial charge on any atom is 0.270 e. The van der Waals surface area contributed by atoms with E-state index < -0.39 is 29.7 Å². The Morgan fingerprint density at radius 2 is 1.64 bits per heavy atom. The maximum absolute atomic E-state index is 13.3. The highest BCUT2D eigenvalue weighted by Gasteiger charge is 2.45. The Kier molecular flexibility index (Phi) is 11.4. The summed E-state index contributed by atoms with van der Waals surface area (Å²) < 4.78 is 1.78. The minimum atomic E-state index is -1.03. The van der Waals surface area contributed by atoms with Gasteiger partial charge in [-0.15, -0.1) is 0 Å². The third-order valence-corrected chi connectivity index (χ3v) is 11.4. The Balaban J connectivity index is 0.730. The minimum Gasteiger partial charge on any atom is -0.383 e. The summed E-state index contributed by atoms with van der Waals surface area (Å²) in [5.74, 6) is -1.84. The zero-order valence-electron chi connectivity index (χ0n) is 32.2. The van der Waals surface area contributed by atoms with Gasteiger partial charge in [0.1, 0.15) is 11.6 Å². The van der Waals surface area contributed by atoms with E-state index in [9.17, 15) is 28.8 Å². The van der Waals surface area contributed by atoms with Gasteiger partial charge in [-0.1, -0.05) is 18.9 Å². The molecule has 0 radical (unpaired) electrons. The quantitative estimate of drug-likeness (QED) is 0.107. The van der Waals surface area contributed by atoms with E-state index in [1.54, 1.807) is 29.0 Å². The monoisotopic (exact) mass is 789 g/mol. The maximum atomic E-state index is 13.3. The number of piperidine rings is 1. The number of imide groups is 2. The van der Waals surface area contributed by atoms with Crippen molar-refractivity contribution in [1.29, 1.82) is 0 Å². The minimum absolute atomic E-state index is 0.0494. The van der Waals surface area contributed by atoms with E-state index in [4.69, 9.17) is 4.98 Å². The van der Waals surface area contributed by atoms with Crippen molar-refractivity contribution in [3.05, 3.63) is 76.3 Å². The number of hydrogen-bond donors (Lipinski definition) is 4. The molecule has 3 fully saturated rings. The summed E-state index contributed by atoms with van der Waals surface area (Å²) in [5.41, 5.74) is 3.88. The second kappa shape index (κ2) is 17.1. The Morgan fingerprint density at radius 1 is 0.845 bits per heavy atom. The van der Waals surface area contributed by atoms with Crippen molar-refractivity contribution >= 4 is 63.7 Å². The van der Waals surface area contributed by atoms with Gasteiger partial charge >= 0.3 is 0 Å². The number of nitrogens with one attached hydrogen (secondary N) is 4. The number of aromatic nitrogens is 4. The molecule has 1 saturated carbocycles. The van der Waals surface area contributed by atoms with Crippen LogP contribution < -0.4 is 31.7 Å². The van der Waals surface area contributed by atoms with Crippen LogP contribution in [-0.2, 0) is 14.4 Å². The summed E-state index contributed by atoms with van der Waals surface area (Å²) in [7, 11) is 0. The molecule has 8 rings (SSSR count). The van der Waals surface area contributed by atoms with Crippen molar-refractivity contribution in [1.82, 2.24) is 40.0 Å². The molecule has 17 nitrogen and oxygen atoms in total. The average molecular weight is 790 g/mol. The number of benzene rings is 2. The Hall–Kier alpha value is -6.23. The molecule has 3 aliphatic heterocycles. The van der Waals surface area contributed by atoms with Crippen LogP contribution in [0.2, 0.25) is 0 Å². The molecule has 5 heterocycles. The second-order valence-electron chi connectivity index (χ2n) is 15.2. The van der Waals surface area contributed by atoms with Crippen molar-refractivity contribution in [2.75, 3.05) is 61.3 Å². The third-order valence-electron chi connectivity index (χ3n) is 11.4. The lowest BCUT2D eigenvalue weighted by molar-refractivity contribution is -0.136. The van der Waals surface area contributed by atoms with Crippen molar-refractivity contribution < 1.29 is 24.0 Å². The number of amides is 5. The lowest BCUT2D eigenvalue weighted by atomic mass is 10.0. The highest BCUT2D eigenvalue weighted by atomic mass is 16.2. The molecule has 0 spiro atoms. The van der Waals surface area contributed by atoms with Gasteiger partial charge in [-0.3, -0.25) is 48.5 Å². The van der Waals surface area contributed by atoms with Gasteiger partial charge in [0.2, 0.25) is 23.7 Å². The van der Waals surface area contributed by atoms with Crippen LogP contribution in [0.4, 0.5) is 23.0 Å². The van der Waals surface area contributed by atoms with E-state index in [-0.39, 0.29) is 41.5 Å². The smallest absolute Gasteiger partial charge is 0.270 e. The van der Waals surface area contributed by atoms with E-state index in [1.165, 1.54) is 6.20 Å². The number of piperazine rings is 1. The predicted octanol–water partition coefficient (Wildman–Crippen LogP) is 2.97. The molecule has 302 valence electrons. The highest BCUT2D eigenvalue weighted by Crippen LogP contribution is 2.33. The van der Waals surface area contributed by atoms with E-state index in [0.717, 1.165) is 87.5 Å². The standard InChI is InChI=1S/C41H47N11O6/c53-33(43-18-17-42-30-9-5-8-29-36(30)40(58)52(39(29)57)32-15-16-34(54)47-38(32)56)10-3-4-19-49-20-22-50(23-21-49)27-13-11-26(12-14-27)46-41-45-24-31-37(48-41)51(35(55)25-44-31)28-6-1-2-7-28/h5,8-9,11-14,24-25,28,32,42H,1-4,6-7,10,15-23H2,(H,43,53)(H,45,46,48)(H,47,54,56). The Bertz CT molecular complexity index is 2280. The topological polar surface area (TPSA) is 204 Å². The van der Waals surface area contributed by atoms with Gasteiger partial charge in [-0.25, -0.2) is 9.97 Å². The molecule has 1 aliphatic carbocycles. The van der Waals surface area contributed by atoms with Crippen LogP contribution >= 0.6 is 0 Å². The van der Waals surface area contributed by atoms with Crippen LogP contribution in [0.1, 0.15) is 84.5 Å². The molecule has 0 bridgehead atoms. The fourth-order valence-corrected chi connectivity index (χ4v) is 8.39. The summed E-state index contributed by atoms with van der Waals surface area (Å²) in [4.78, 5) is 94.7. The first-order valence-corrected chi connectivity index (χ1v) is 20.2. The van der Waals surface area contributed by atoms with E-state index >= 15 is 0 Å². The molecule has 2 aromatic carbocycles. The molecule has 4 N–H and O–H groups in total. The number of nitrogens with zero attached hydrogens (tertiary/aromatic N) is 7. The van der Waals surface area contributed by atoms with Gasteiger partial charge < -0.3 is 20.9 Å². The number of fused-ring (bicyclic) bond motifs is 2. The first-order valence-electron chi connectivity index (χ1n) is 20.2. The van der Waals surface area contributed by atoms with Gasteiger partial charge in [-0.2, -0.15) is 4.98 Å². The summed E-state index contributed by atoms with van der Waals surface area (Å²) in [5, 5.41) is 11.6. The first-order chi connectivity index (χ1) is 28.2. The van der Waals surface area contributed by atoms with Crippen LogP contribution in [0.25, 0.3) is 11.2 Å². The second-order valence-corrected chi connectivity index (χ2v) is 15.2. The summed E-state index contributed by atoms with van der Waals surface area (Å²) in [6.45, 7) is 5.26. The zero-order valence-corrected chi connectivity index (χ0v) is 32.2. The van der Waals surface area contributed by atoms with Crippen molar-refractivity contribution in [2.24, 2.45) is 0 Å². The molecule has 1 atom stereocenters. The van der Waals surface area contributed by atoms with Gasteiger partial charge in [0.15, 0.2) is 5.65 Å². The third kappa shape index (κ3) is 8.25. The first kappa shape index (κ1) is 38.6. The number of hydrogen-bond acceptors (Lipinski definition) is 13. The SMILES string of the molecule is O=C(CCCCN1CCN(c2ccc(Nc3ncc4ncc(=O)n(C5CCCC5)c4n3)cc2)CC1)NCCNc1cccc2c1C(=O)N(C1CCC(=O)NC1=O)C2=O. The Morgan fingerprint density at radius 3 is 2.41 bits per heavy atom. The molecule has 2 aromatic heterocycles. The number of unbranched alkanes of at least 4 members (excludes halogenated alkanes) is 1. The van der Waals surface area contributed by atoms with Crippen molar-refractivity contribution in [3.8, 4) is 0 Å². The molecular weight excluding hydrogens is 743 g/mol. The average Bonchev–Trinajstić information content (AvgIpc) is 3.85. The number of rotatable bonds is 14. The summed E-state index contributed by atoms with van der Waals surface area (Å²) in [6.07, 6.45) is 9.41. The number of anilines is 4. The van der Waals surface area contributed by atoms with Crippen LogP contribution in [-0.4, -0.2) is 111 Å². The van der Waals surface area contributed by atoms with E-state index in [2.05, 4.69) is 53.2 Å². The number of carbonyl (C=O) groups excluding carboxylic acids is 5. The predicted molar refractivity (Wildman–Crippen MR) is 216 cm³/mol. The van der Waals surface area contributed by atoms with E-state index in [0.29, 0.717) is 42.3 Å². The van der Waals surface area contributed by atoms with Crippen molar-refractivity contribution in [2.45, 2.75) is 69.9 Å². The molecule has 2 saturated heterocycles. The van der Waals surface area contributed by atoms with Gasteiger partial charge in [0.25, 0.3) is 17.4 Å². The molecule has 58 heavy (non-hydrogen) atoms. The number of carbonyl (C=O) groups is 5. The fourth-order valence-electron chi connectivity index (χ4n) is 8.39. The normalized spacial score (nSPS) is 18.8. The lowest BCUT2D eigenvalue weighted by Crippen LogP contribution is -2.54. The zero-order chi connectivity index (χ0) is 40.2. The molecular formula is C41H47N11O6. The van der Waals surface area contributed by atoms with Gasteiger partial charge in [-0.05, 0) is 75.0 Å². The van der Waals surface area contributed by atoms with Crippen LogP contribution in [0.5, 0.6) is 0 Å². The van der Waals surface area contributed by atoms with Crippen LogP contribution in [0.15, 0.2) is 59.7 Å². The summed E-state index contributed by atoms with van der Waals surface area (Å²) >= 11 is 0. The van der Waals surface area contributed by atoms with Crippen molar-refractivity contribution in [3.63, 3.8) is 0 Å². The van der Waals surface area contributed by atoms with Crippen LogP contribution in [0.3, 0.4) is 0 Å². The van der Waals surface area contributed by atoms with Gasteiger partial charge in [0.05, 0.1) is 23.5 Å². The highest BCUT2D eigenvalue weighted by molar-refractivity contribution is 6.25. The molecule has 4 aromatic rings. The van der Waals surface area contributed by atoms with Gasteiger partial charge in [0, 0.05) is 75.2 Å². The largest absolute Gasteiger partial charge is 0.383 e. The molecule has 1 unspecified atom stereocenters. The fraction of sp³-hybridized carbons (Fsp3) is 0.439. The Labute approximate surface area is 334 Å². The molecule has 17 heteroatoms. The summed E-state index contributed by atoms with van der Waals surface area (Å²) in [6, 6.07) is 12.2. The van der Waals surface area contributed by atoms with E-state index in [1.807, 2.05) is 12.1 Å². The lowest BCUT2D eigenvalue weighted by Gasteiger charge is -2.36. The molecule has 4 aliphatic rings.